The van der Waals surface area contributed by atoms with E-state index in [0.29, 0.717) is 17.9 Å². The maximum Gasteiger partial charge on any atom is 0.236 e. The molecule has 110 valence electrons. The Bertz CT molecular complexity index is 298. The zero-order valence-corrected chi connectivity index (χ0v) is 12.7. The number of carbonyl (C=O) groups is 1. The lowest BCUT2D eigenvalue weighted by atomic mass is 9.75. The molecule has 0 bridgehead atoms. The molecular weight excluding hydrogens is 240 g/mol. The van der Waals surface area contributed by atoms with E-state index < -0.39 is 0 Å². The maximum absolute atomic E-state index is 12.3. The first-order valence-corrected chi connectivity index (χ1v) is 7.54. The molecule has 2 aliphatic rings. The van der Waals surface area contributed by atoms with Gasteiger partial charge in [-0.1, -0.05) is 20.8 Å². The molecule has 4 nitrogen and oxygen atoms in total. The van der Waals surface area contributed by atoms with Gasteiger partial charge in [0.25, 0.3) is 0 Å². The van der Waals surface area contributed by atoms with Gasteiger partial charge in [0.05, 0.1) is 19.8 Å². The number of piperidine rings is 1. The van der Waals surface area contributed by atoms with Gasteiger partial charge in [-0.05, 0) is 24.2 Å². The lowest BCUT2D eigenvalue weighted by molar-refractivity contribution is -0.135. The summed E-state index contributed by atoms with van der Waals surface area (Å²) >= 11 is 0. The molecule has 2 heterocycles. The largest absolute Gasteiger partial charge is 0.379 e. The van der Waals surface area contributed by atoms with Crippen LogP contribution in [-0.2, 0) is 9.53 Å². The summed E-state index contributed by atoms with van der Waals surface area (Å²) in [7, 11) is 0. The van der Waals surface area contributed by atoms with Crippen LogP contribution in [0.1, 0.15) is 33.6 Å². The van der Waals surface area contributed by atoms with Crippen LogP contribution in [-0.4, -0.2) is 61.6 Å². The van der Waals surface area contributed by atoms with Gasteiger partial charge in [-0.2, -0.15) is 0 Å². The summed E-state index contributed by atoms with van der Waals surface area (Å²) in [6.45, 7) is 12.7. The molecule has 0 saturated carbocycles. The van der Waals surface area contributed by atoms with Crippen LogP contribution in [0, 0.1) is 11.3 Å². The van der Waals surface area contributed by atoms with E-state index in [2.05, 4.69) is 30.6 Å². The minimum atomic E-state index is 0.300. The van der Waals surface area contributed by atoms with E-state index >= 15 is 0 Å². The van der Waals surface area contributed by atoms with Gasteiger partial charge in [0.15, 0.2) is 0 Å². The average Bonchev–Trinajstić information content (AvgIpc) is 2.39. The standard InChI is InChI=1S/C15H28N2O2/c1-15(2,3)13-4-6-17(7-5-13)14(18)12-16-8-10-19-11-9-16/h13H,4-12H2,1-3H3. The molecule has 0 spiro atoms. The second-order valence-corrected chi connectivity index (χ2v) is 6.91. The van der Waals surface area contributed by atoms with Crippen LogP contribution in [0.5, 0.6) is 0 Å². The third-order valence-electron chi connectivity index (χ3n) is 4.53. The highest BCUT2D eigenvalue weighted by Crippen LogP contribution is 2.34. The van der Waals surface area contributed by atoms with Gasteiger partial charge in [-0.15, -0.1) is 0 Å². The van der Waals surface area contributed by atoms with E-state index in [1.165, 1.54) is 0 Å². The minimum absolute atomic E-state index is 0.300. The van der Waals surface area contributed by atoms with Crippen molar-refractivity contribution >= 4 is 5.91 Å². The molecular formula is C15H28N2O2. The van der Waals surface area contributed by atoms with Gasteiger partial charge >= 0.3 is 0 Å². The monoisotopic (exact) mass is 268 g/mol. The number of likely N-dealkylation sites (tertiary alicyclic amines) is 1. The number of nitrogens with zero attached hydrogens (tertiary/aromatic N) is 2. The molecule has 0 unspecified atom stereocenters. The molecule has 0 N–H and O–H groups in total. The summed E-state index contributed by atoms with van der Waals surface area (Å²) in [5, 5.41) is 0. The quantitative estimate of drug-likeness (QED) is 0.762. The lowest BCUT2D eigenvalue weighted by Gasteiger charge is -2.39. The van der Waals surface area contributed by atoms with Crippen molar-refractivity contribution in [1.29, 1.82) is 0 Å². The zero-order chi connectivity index (χ0) is 13.9. The highest BCUT2D eigenvalue weighted by Gasteiger charge is 2.30. The fourth-order valence-electron chi connectivity index (χ4n) is 3.05. The number of morpholine rings is 1. The molecule has 2 aliphatic heterocycles. The van der Waals surface area contributed by atoms with E-state index in [0.717, 1.165) is 58.2 Å². The Kier molecular flexibility index (Phi) is 4.85. The van der Waals surface area contributed by atoms with Crippen molar-refractivity contribution in [3.8, 4) is 0 Å². The average molecular weight is 268 g/mol. The summed E-state index contributed by atoms with van der Waals surface area (Å²) < 4.78 is 5.31. The van der Waals surface area contributed by atoms with Crippen molar-refractivity contribution in [3.63, 3.8) is 0 Å². The molecule has 0 aromatic carbocycles. The first kappa shape index (κ1) is 14.8. The Morgan fingerprint density at radius 2 is 1.68 bits per heavy atom. The molecule has 0 atom stereocenters. The van der Waals surface area contributed by atoms with E-state index in [1.807, 2.05) is 0 Å². The van der Waals surface area contributed by atoms with Gasteiger partial charge in [-0.25, -0.2) is 0 Å². The van der Waals surface area contributed by atoms with Gasteiger partial charge in [0, 0.05) is 26.2 Å². The molecule has 0 aromatic heterocycles. The number of carbonyl (C=O) groups excluding carboxylic acids is 1. The van der Waals surface area contributed by atoms with Crippen LogP contribution >= 0.6 is 0 Å². The van der Waals surface area contributed by atoms with Gasteiger partial charge in [-0.3, -0.25) is 9.69 Å². The van der Waals surface area contributed by atoms with Crippen molar-refractivity contribution in [3.05, 3.63) is 0 Å². The van der Waals surface area contributed by atoms with E-state index in [-0.39, 0.29) is 0 Å². The minimum Gasteiger partial charge on any atom is -0.379 e. The van der Waals surface area contributed by atoms with Gasteiger partial charge < -0.3 is 9.64 Å². The predicted molar refractivity (Wildman–Crippen MR) is 76.0 cm³/mol. The Balaban J connectivity index is 1.76. The Morgan fingerprint density at radius 3 is 2.21 bits per heavy atom. The molecule has 4 heteroatoms. The van der Waals surface area contributed by atoms with Gasteiger partial charge in [0.1, 0.15) is 0 Å². The normalized spacial score (nSPS) is 23.6. The smallest absolute Gasteiger partial charge is 0.236 e. The second kappa shape index (κ2) is 6.23. The molecule has 2 fully saturated rings. The number of amides is 1. The van der Waals surface area contributed by atoms with E-state index in [9.17, 15) is 4.79 Å². The number of ether oxygens (including phenoxy) is 1. The molecule has 1 amide bonds. The Labute approximate surface area is 117 Å². The molecule has 0 aromatic rings. The highest BCUT2D eigenvalue weighted by molar-refractivity contribution is 5.78. The topological polar surface area (TPSA) is 32.8 Å². The first-order chi connectivity index (χ1) is 8.97. The zero-order valence-electron chi connectivity index (χ0n) is 12.7. The van der Waals surface area contributed by atoms with Crippen LogP contribution in [0.3, 0.4) is 0 Å². The highest BCUT2D eigenvalue weighted by atomic mass is 16.5. The summed E-state index contributed by atoms with van der Waals surface area (Å²) in [5.74, 6) is 1.05. The van der Waals surface area contributed by atoms with Crippen LogP contribution in [0.15, 0.2) is 0 Å². The second-order valence-electron chi connectivity index (χ2n) is 6.91. The fourth-order valence-corrected chi connectivity index (χ4v) is 3.05. The van der Waals surface area contributed by atoms with Crippen molar-refractivity contribution in [2.75, 3.05) is 45.9 Å². The Hall–Kier alpha value is -0.610. The van der Waals surface area contributed by atoms with Crippen molar-refractivity contribution < 1.29 is 9.53 Å². The number of hydrogen-bond donors (Lipinski definition) is 0. The Morgan fingerprint density at radius 1 is 1.11 bits per heavy atom. The fraction of sp³-hybridized carbons (Fsp3) is 0.933. The van der Waals surface area contributed by atoms with Crippen molar-refractivity contribution in [1.82, 2.24) is 9.80 Å². The third kappa shape index (κ3) is 4.18. The van der Waals surface area contributed by atoms with Crippen LogP contribution in [0.25, 0.3) is 0 Å². The molecule has 0 aliphatic carbocycles. The predicted octanol–water partition coefficient (Wildman–Crippen LogP) is 1.60. The summed E-state index contributed by atoms with van der Waals surface area (Å²) in [4.78, 5) is 16.5. The van der Waals surface area contributed by atoms with Crippen molar-refractivity contribution in [2.45, 2.75) is 33.6 Å². The molecule has 2 saturated heterocycles. The molecule has 19 heavy (non-hydrogen) atoms. The van der Waals surface area contributed by atoms with Gasteiger partial charge in [0.2, 0.25) is 5.91 Å². The van der Waals surface area contributed by atoms with Crippen molar-refractivity contribution in [2.24, 2.45) is 11.3 Å². The van der Waals surface area contributed by atoms with Crippen LogP contribution < -0.4 is 0 Å². The number of rotatable bonds is 2. The molecule has 0 radical (unpaired) electrons. The lowest BCUT2D eigenvalue weighted by Crippen LogP contribution is -2.47. The first-order valence-electron chi connectivity index (χ1n) is 7.54. The summed E-state index contributed by atoms with van der Waals surface area (Å²) in [5.41, 5.74) is 0.374. The maximum atomic E-state index is 12.3. The third-order valence-corrected chi connectivity index (χ3v) is 4.53. The van der Waals surface area contributed by atoms with E-state index in [4.69, 9.17) is 4.74 Å². The van der Waals surface area contributed by atoms with Crippen LogP contribution in [0.2, 0.25) is 0 Å². The van der Waals surface area contributed by atoms with Crippen LogP contribution in [0.4, 0.5) is 0 Å². The summed E-state index contributed by atoms with van der Waals surface area (Å²) in [6, 6.07) is 0. The van der Waals surface area contributed by atoms with E-state index in [1.54, 1.807) is 0 Å². The number of hydrogen-bond acceptors (Lipinski definition) is 3. The molecule has 2 rings (SSSR count). The summed E-state index contributed by atoms with van der Waals surface area (Å²) in [6.07, 6.45) is 2.30. The SMILES string of the molecule is CC(C)(C)C1CCN(C(=O)CN2CCOCC2)CC1.